The summed E-state index contributed by atoms with van der Waals surface area (Å²) in [5.74, 6) is 0.625. The van der Waals surface area contributed by atoms with Crippen molar-refractivity contribution in [3.63, 3.8) is 0 Å². The molecule has 2 heterocycles. The number of anilines is 1. The molecule has 0 bridgehead atoms. The lowest BCUT2D eigenvalue weighted by atomic mass is 10.1. The van der Waals surface area contributed by atoms with Crippen molar-refractivity contribution in [2.75, 3.05) is 5.73 Å². The molecule has 0 saturated heterocycles. The van der Waals surface area contributed by atoms with E-state index in [0.29, 0.717) is 23.1 Å². The molecule has 2 N–H and O–H groups in total. The number of nitrogens with zero attached hydrogens (tertiary/aromatic N) is 2. The standard InChI is InChI=1S/C13H10FN3OS/c14-9-3-1-2-8(6-9)7-11-16-13(18-17-11)10-4-5-19-12(10)15/h1-6H,7,15H2. The van der Waals surface area contributed by atoms with Gasteiger partial charge in [-0.25, -0.2) is 4.39 Å². The van der Waals surface area contributed by atoms with Gasteiger partial charge in [-0.1, -0.05) is 17.3 Å². The van der Waals surface area contributed by atoms with E-state index < -0.39 is 0 Å². The van der Waals surface area contributed by atoms with Crippen molar-refractivity contribution in [1.82, 2.24) is 10.1 Å². The predicted octanol–water partition coefficient (Wildman–Crippen LogP) is 3.11. The predicted molar refractivity (Wildman–Crippen MR) is 71.2 cm³/mol. The van der Waals surface area contributed by atoms with E-state index in [1.807, 2.05) is 17.5 Å². The van der Waals surface area contributed by atoms with Crippen LogP contribution in [0.15, 0.2) is 40.2 Å². The average molecular weight is 275 g/mol. The SMILES string of the molecule is Nc1sccc1-c1nc(Cc2cccc(F)c2)no1. The maximum Gasteiger partial charge on any atom is 0.260 e. The molecule has 0 unspecified atom stereocenters. The maximum absolute atomic E-state index is 13.1. The number of aromatic nitrogens is 2. The molecule has 0 aliphatic heterocycles. The molecule has 1 aromatic carbocycles. The molecule has 0 fully saturated rings. The summed E-state index contributed by atoms with van der Waals surface area (Å²) in [6.07, 6.45) is 0.422. The van der Waals surface area contributed by atoms with Crippen molar-refractivity contribution in [1.29, 1.82) is 0 Å². The van der Waals surface area contributed by atoms with Gasteiger partial charge in [0.05, 0.1) is 10.6 Å². The summed E-state index contributed by atoms with van der Waals surface area (Å²) in [5.41, 5.74) is 7.33. The van der Waals surface area contributed by atoms with Crippen LogP contribution in [0.2, 0.25) is 0 Å². The van der Waals surface area contributed by atoms with Gasteiger partial charge in [-0.2, -0.15) is 4.98 Å². The van der Waals surface area contributed by atoms with E-state index in [1.165, 1.54) is 23.5 Å². The molecule has 0 aliphatic rings. The molecule has 3 aromatic rings. The van der Waals surface area contributed by atoms with E-state index in [-0.39, 0.29) is 5.82 Å². The van der Waals surface area contributed by atoms with Gasteiger partial charge in [0.2, 0.25) is 0 Å². The first kappa shape index (κ1) is 11.9. The number of nitrogens with two attached hydrogens (primary N) is 1. The average Bonchev–Trinajstić information content (AvgIpc) is 2.98. The minimum Gasteiger partial charge on any atom is -0.390 e. The first-order valence-electron chi connectivity index (χ1n) is 5.63. The Labute approximate surface area is 112 Å². The van der Waals surface area contributed by atoms with Crippen LogP contribution in [0.1, 0.15) is 11.4 Å². The fraction of sp³-hybridized carbons (Fsp3) is 0.0769. The van der Waals surface area contributed by atoms with Crippen molar-refractivity contribution in [3.05, 3.63) is 52.9 Å². The Morgan fingerprint density at radius 3 is 2.95 bits per heavy atom. The van der Waals surface area contributed by atoms with Crippen molar-refractivity contribution in [3.8, 4) is 11.5 Å². The van der Waals surface area contributed by atoms with Gasteiger partial charge in [-0.15, -0.1) is 11.3 Å². The third-order valence-corrected chi connectivity index (χ3v) is 3.39. The van der Waals surface area contributed by atoms with Crippen LogP contribution >= 0.6 is 11.3 Å². The second kappa shape index (κ2) is 4.81. The number of rotatable bonds is 3. The minimum absolute atomic E-state index is 0.275. The number of hydrogen-bond donors (Lipinski definition) is 1. The summed E-state index contributed by atoms with van der Waals surface area (Å²) in [7, 11) is 0. The summed E-state index contributed by atoms with van der Waals surface area (Å²) in [4.78, 5) is 4.26. The van der Waals surface area contributed by atoms with Crippen molar-refractivity contribution >= 4 is 16.3 Å². The molecule has 3 rings (SSSR count). The van der Waals surface area contributed by atoms with Crippen molar-refractivity contribution < 1.29 is 8.91 Å². The highest BCUT2D eigenvalue weighted by Crippen LogP contribution is 2.29. The zero-order chi connectivity index (χ0) is 13.2. The molecule has 0 atom stereocenters. The monoisotopic (exact) mass is 275 g/mol. The van der Waals surface area contributed by atoms with Gasteiger partial charge in [0.25, 0.3) is 5.89 Å². The van der Waals surface area contributed by atoms with Crippen LogP contribution in [-0.4, -0.2) is 10.1 Å². The third kappa shape index (κ3) is 2.48. The van der Waals surface area contributed by atoms with E-state index in [2.05, 4.69) is 10.1 Å². The Morgan fingerprint density at radius 1 is 1.32 bits per heavy atom. The van der Waals surface area contributed by atoms with Gasteiger partial charge in [0.15, 0.2) is 5.82 Å². The molecule has 0 radical (unpaired) electrons. The van der Waals surface area contributed by atoms with Crippen LogP contribution in [0.3, 0.4) is 0 Å². The van der Waals surface area contributed by atoms with Crippen LogP contribution in [-0.2, 0) is 6.42 Å². The summed E-state index contributed by atoms with van der Waals surface area (Å²) in [6, 6.07) is 8.16. The lowest BCUT2D eigenvalue weighted by molar-refractivity contribution is 0.424. The topological polar surface area (TPSA) is 64.9 Å². The van der Waals surface area contributed by atoms with Crippen molar-refractivity contribution in [2.45, 2.75) is 6.42 Å². The summed E-state index contributed by atoms with van der Waals surface area (Å²) in [5, 5.41) is 6.38. The van der Waals surface area contributed by atoms with Gasteiger partial charge in [0, 0.05) is 6.42 Å². The molecule has 19 heavy (non-hydrogen) atoms. The van der Waals surface area contributed by atoms with E-state index in [0.717, 1.165) is 11.1 Å². The van der Waals surface area contributed by atoms with Gasteiger partial charge in [-0.05, 0) is 29.1 Å². The molecule has 0 aliphatic carbocycles. The highest BCUT2D eigenvalue weighted by molar-refractivity contribution is 7.14. The molecule has 0 amide bonds. The summed E-state index contributed by atoms with van der Waals surface area (Å²) < 4.78 is 18.2. The van der Waals surface area contributed by atoms with Crippen LogP contribution in [0.4, 0.5) is 9.39 Å². The van der Waals surface area contributed by atoms with Crippen LogP contribution < -0.4 is 5.73 Å². The van der Waals surface area contributed by atoms with Crippen LogP contribution in [0.5, 0.6) is 0 Å². The summed E-state index contributed by atoms with van der Waals surface area (Å²) >= 11 is 1.41. The lowest BCUT2D eigenvalue weighted by Gasteiger charge is -1.95. The fourth-order valence-corrected chi connectivity index (χ4v) is 2.40. The Hall–Kier alpha value is -2.21. The van der Waals surface area contributed by atoms with E-state index in [1.54, 1.807) is 6.07 Å². The number of nitrogen functional groups attached to an aromatic ring is 1. The zero-order valence-corrected chi connectivity index (χ0v) is 10.7. The second-order valence-corrected chi connectivity index (χ2v) is 4.97. The zero-order valence-electron chi connectivity index (χ0n) is 9.84. The maximum atomic E-state index is 13.1. The summed E-state index contributed by atoms with van der Waals surface area (Å²) in [6.45, 7) is 0. The Balaban J connectivity index is 1.84. The van der Waals surface area contributed by atoms with E-state index in [9.17, 15) is 4.39 Å². The largest absolute Gasteiger partial charge is 0.390 e. The fourth-order valence-electron chi connectivity index (χ4n) is 1.76. The van der Waals surface area contributed by atoms with Crippen LogP contribution in [0, 0.1) is 5.82 Å². The quantitative estimate of drug-likeness (QED) is 0.797. The molecule has 96 valence electrons. The molecular weight excluding hydrogens is 265 g/mol. The second-order valence-electron chi connectivity index (χ2n) is 4.02. The van der Waals surface area contributed by atoms with Gasteiger partial charge in [0.1, 0.15) is 5.82 Å². The first-order valence-corrected chi connectivity index (χ1v) is 6.51. The smallest absolute Gasteiger partial charge is 0.260 e. The highest BCUT2D eigenvalue weighted by atomic mass is 32.1. The Kier molecular flexibility index (Phi) is 3.00. The molecule has 6 heteroatoms. The molecule has 0 saturated carbocycles. The molecule has 4 nitrogen and oxygen atoms in total. The lowest BCUT2D eigenvalue weighted by Crippen LogP contribution is -1.91. The first-order chi connectivity index (χ1) is 9.22. The number of hydrogen-bond acceptors (Lipinski definition) is 5. The van der Waals surface area contributed by atoms with E-state index >= 15 is 0 Å². The minimum atomic E-state index is -0.275. The van der Waals surface area contributed by atoms with E-state index in [4.69, 9.17) is 10.3 Å². The van der Waals surface area contributed by atoms with Gasteiger partial charge < -0.3 is 10.3 Å². The van der Waals surface area contributed by atoms with Crippen molar-refractivity contribution in [2.24, 2.45) is 0 Å². The normalized spacial score (nSPS) is 10.8. The molecule has 2 aromatic heterocycles. The van der Waals surface area contributed by atoms with Crippen LogP contribution in [0.25, 0.3) is 11.5 Å². The molecular formula is C13H10FN3OS. The Bertz CT molecular complexity index is 707. The molecule has 0 spiro atoms. The third-order valence-electron chi connectivity index (χ3n) is 2.64. The number of thiophene rings is 1. The highest BCUT2D eigenvalue weighted by Gasteiger charge is 2.12. The van der Waals surface area contributed by atoms with Gasteiger partial charge in [-0.3, -0.25) is 0 Å². The number of benzene rings is 1. The van der Waals surface area contributed by atoms with Gasteiger partial charge >= 0.3 is 0 Å². The number of halogens is 1. The Morgan fingerprint density at radius 2 is 2.21 bits per heavy atom.